The van der Waals surface area contributed by atoms with Crippen molar-refractivity contribution in [3.63, 3.8) is 0 Å². The van der Waals surface area contributed by atoms with Crippen LogP contribution in [0.5, 0.6) is 0 Å². The van der Waals surface area contributed by atoms with Crippen LogP contribution in [0.15, 0.2) is 29.8 Å². The molecule has 2 aromatic heterocycles. The molecule has 1 unspecified atom stereocenters. The van der Waals surface area contributed by atoms with Crippen LogP contribution in [0.2, 0.25) is 0 Å². The predicted octanol–water partition coefficient (Wildman–Crippen LogP) is 3.83. The standard InChI is InChI=1S/C15H15F2N3S/c1-9(11-3-4-12(16)13(17)7-11)18-8-14-10(2)19-15-20(14)5-6-21-15/h3-7,9,18H,8H2,1-2H3. The first-order valence-electron chi connectivity index (χ1n) is 6.65. The van der Waals surface area contributed by atoms with E-state index < -0.39 is 11.6 Å². The monoisotopic (exact) mass is 307 g/mol. The highest BCUT2D eigenvalue weighted by molar-refractivity contribution is 7.15. The first-order chi connectivity index (χ1) is 10.1. The molecule has 0 bridgehead atoms. The lowest BCUT2D eigenvalue weighted by Gasteiger charge is -2.14. The van der Waals surface area contributed by atoms with Gasteiger partial charge in [-0.2, -0.15) is 0 Å². The Morgan fingerprint density at radius 2 is 2.14 bits per heavy atom. The number of rotatable bonds is 4. The van der Waals surface area contributed by atoms with Crippen LogP contribution in [0, 0.1) is 18.6 Å². The molecule has 0 fully saturated rings. The Hall–Kier alpha value is -1.79. The fourth-order valence-corrected chi connectivity index (χ4v) is 3.08. The molecule has 1 aromatic carbocycles. The molecular formula is C15H15F2N3S. The summed E-state index contributed by atoms with van der Waals surface area (Å²) in [4.78, 5) is 5.44. The maximum absolute atomic E-state index is 13.3. The number of halogens is 2. The van der Waals surface area contributed by atoms with Crippen molar-refractivity contribution < 1.29 is 8.78 Å². The second-order valence-corrected chi connectivity index (χ2v) is 5.85. The number of aromatic nitrogens is 2. The number of thiazole rings is 1. The van der Waals surface area contributed by atoms with Gasteiger partial charge in [-0.15, -0.1) is 11.3 Å². The van der Waals surface area contributed by atoms with Gasteiger partial charge < -0.3 is 5.32 Å². The summed E-state index contributed by atoms with van der Waals surface area (Å²) in [7, 11) is 0. The van der Waals surface area contributed by atoms with E-state index in [1.54, 1.807) is 17.4 Å². The number of hydrogen-bond acceptors (Lipinski definition) is 3. The third-order valence-corrected chi connectivity index (χ3v) is 4.34. The molecule has 110 valence electrons. The highest BCUT2D eigenvalue weighted by atomic mass is 32.1. The largest absolute Gasteiger partial charge is 0.305 e. The first-order valence-corrected chi connectivity index (χ1v) is 7.53. The molecule has 0 saturated heterocycles. The van der Waals surface area contributed by atoms with Gasteiger partial charge in [0, 0.05) is 24.2 Å². The van der Waals surface area contributed by atoms with Crippen LogP contribution < -0.4 is 5.32 Å². The summed E-state index contributed by atoms with van der Waals surface area (Å²) in [6.07, 6.45) is 1.99. The highest BCUT2D eigenvalue weighted by Crippen LogP contribution is 2.19. The number of aryl methyl sites for hydroxylation is 1. The summed E-state index contributed by atoms with van der Waals surface area (Å²) in [6.45, 7) is 4.51. The Kier molecular flexibility index (Phi) is 3.73. The van der Waals surface area contributed by atoms with Crippen molar-refractivity contribution in [3.05, 3.63) is 58.4 Å². The van der Waals surface area contributed by atoms with E-state index in [4.69, 9.17) is 0 Å². The van der Waals surface area contributed by atoms with Gasteiger partial charge >= 0.3 is 0 Å². The van der Waals surface area contributed by atoms with Crippen LogP contribution in [0.3, 0.4) is 0 Å². The summed E-state index contributed by atoms with van der Waals surface area (Å²) >= 11 is 1.59. The molecule has 0 aliphatic rings. The maximum atomic E-state index is 13.3. The topological polar surface area (TPSA) is 29.3 Å². The lowest BCUT2D eigenvalue weighted by atomic mass is 10.1. The molecule has 0 aliphatic carbocycles. The van der Waals surface area contributed by atoms with Crippen LogP contribution in [0.25, 0.3) is 4.96 Å². The minimum absolute atomic E-state index is 0.0799. The third kappa shape index (κ3) is 2.69. The Labute approximate surface area is 125 Å². The van der Waals surface area contributed by atoms with Crippen molar-refractivity contribution in [1.29, 1.82) is 0 Å². The van der Waals surface area contributed by atoms with Gasteiger partial charge in [-0.1, -0.05) is 6.07 Å². The molecule has 3 rings (SSSR count). The second kappa shape index (κ2) is 5.54. The summed E-state index contributed by atoms with van der Waals surface area (Å²) < 4.78 is 28.3. The van der Waals surface area contributed by atoms with Gasteiger partial charge in [0.1, 0.15) is 0 Å². The van der Waals surface area contributed by atoms with E-state index in [1.807, 2.05) is 29.8 Å². The van der Waals surface area contributed by atoms with Crippen molar-refractivity contribution in [3.8, 4) is 0 Å². The first kappa shape index (κ1) is 14.2. The van der Waals surface area contributed by atoms with Gasteiger partial charge in [0.25, 0.3) is 0 Å². The number of hydrogen-bond donors (Lipinski definition) is 1. The van der Waals surface area contributed by atoms with E-state index in [2.05, 4.69) is 10.3 Å². The third-order valence-electron chi connectivity index (χ3n) is 3.58. The van der Waals surface area contributed by atoms with Gasteiger partial charge in [0.15, 0.2) is 16.6 Å². The number of fused-ring (bicyclic) bond motifs is 1. The zero-order valence-electron chi connectivity index (χ0n) is 11.7. The fourth-order valence-electron chi connectivity index (χ4n) is 2.30. The van der Waals surface area contributed by atoms with Crippen molar-refractivity contribution in [1.82, 2.24) is 14.7 Å². The van der Waals surface area contributed by atoms with Crippen molar-refractivity contribution in [2.24, 2.45) is 0 Å². The van der Waals surface area contributed by atoms with E-state index in [-0.39, 0.29) is 6.04 Å². The molecule has 3 nitrogen and oxygen atoms in total. The van der Waals surface area contributed by atoms with Crippen LogP contribution >= 0.6 is 11.3 Å². The van der Waals surface area contributed by atoms with Gasteiger partial charge in [-0.05, 0) is 31.5 Å². The Morgan fingerprint density at radius 3 is 2.90 bits per heavy atom. The predicted molar refractivity (Wildman–Crippen MR) is 79.4 cm³/mol. The van der Waals surface area contributed by atoms with E-state index in [0.29, 0.717) is 6.54 Å². The molecule has 0 spiro atoms. The molecule has 0 saturated carbocycles. The van der Waals surface area contributed by atoms with E-state index >= 15 is 0 Å². The minimum atomic E-state index is -0.822. The van der Waals surface area contributed by atoms with E-state index in [9.17, 15) is 8.78 Å². The SMILES string of the molecule is Cc1nc2sccn2c1CNC(C)c1ccc(F)c(F)c1. The molecule has 0 amide bonds. The van der Waals surface area contributed by atoms with Crippen LogP contribution in [-0.2, 0) is 6.54 Å². The molecule has 1 atom stereocenters. The smallest absolute Gasteiger partial charge is 0.194 e. The average Bonchev–Trinajstić information content (AvgIpc) is 3.00. The number of imidazole rings is 1. The molecule has 1 N–H and O–H groups in total. The van der Waals surface area contributed by atoms with Crippen LogP contribution in [-0.4, -0.2) is 9.38 Å². The molecule has 21 heavy (non-hydrogen) atoms. The number of benzene rings is 1. The van der Waals surface area contributed by atoms with Crippen molar-refractivity contribution >= 4 is 16.3 Å². The Morgan fingerprint density at radius 1 is 1.33 bits per heavy atom. The van der Waals surface area contributed by atoms with E-state index in [0.717, 1.165) is 28.0 Å². The lowest BCUT2D eigenvalue weighted by molar-refractivity contribution is 0.500. The zero-order valence-corrected chi connectivity index (χ0v) is 12.5. The highest BCUT2D eigenvalue weighted by Gasteiger charge is 2.12. The van der Waals surface area contributed by atoms with Gasteiger partial charge in [0.05, 0.1) is 11.4 Å². The lowest BCUT2D eigenvalue weighted by Crippen LogP contribution is -2.19. The Balaban J connectivity index is 1.76. The van der Waals surface area contributed by atoms with Gasteiger partial charge in [-0.25, -0.2) is 13.8 Å². The van der Waals surface area contributed by atoms with Gasteiger partial charge in [-0.3, -0.25) is 4.40 Å². The van der Waals surface area contributed by atoms with Crippen molar-refractivity contribution in [2.75, 3.05) is 0 Å². The second-order valence-electron chi connectivity index (χ2n) is 4.98. The molecule has 3 aromatic rings. The minimum Gasteiger partial charge on any atom is -0.305 e. The average molecular weight is 307 g/mol. The zero-order chi connectivity index (χ0) is 15.0. The summed E-state index contributed by atoms with van der Waals surface area (Å²) in [5.74, 6) is -1.64. The van der Waals surface area contributed by atoms with Crippen molar-refractivity contribution in [2.45, 2.75) is 26.4 Å². The van der Waals surface area contributed by atoms with E-state index in [1.165, 1.54) is 6.07 Å². The normalized spacial score (nSPS) is 13.0. The molecule has 0 radical (unpaired) electrons. The molecular weight excluding hydrogens is 292 g/mol. The summed E-state index contributed by atoms with van der Waals surface area (Å²) in [5, 5.41) is 5.32. The number of nitrogens with zero attached hydrogens (tertiary/aromatic N) is 2. The molecule has 6 heteroatoms. The van der Waals surface area contributed by atoms with Gasteiger partial charge in [0.2, 0.25) is 0 Å². The van der Waals surface area contributed by atoms with Crippen LogP contribution in [0.4, 0.5) is 8.78 Å². The Bertz CT molecular complexity index is 778. The maximum Gasteiger partial charge on any atom is 0.194 e. The number of nitrogens with one attached hydrogen (secondary N) is 1. The summed E-state index contributed by atoms with van der Waals surface area (Å²) in [6, 6.07) is 3.91. The molecule has 0 aliphatic heterocycles. The summed E-state index contributed by atoms with van der Waals surface area (Å²) in [5.41, 5.74) is 2.78. The quantitative estimate of drug-likeness (QED) is 0.793. The molecule has 2 heterocycles. The fraction of sp³-hybridized carbons (Fsp3) is 0.267. The van der Waals surface area contributed by atoms with Crippen LogP contribution in [0.1, 0.15) is 29.9 Å².